The second kappa shape index (κ2) is 10.0. The van der Waals surface area contributed by atoms with Crippen molar-refractivity contribution in [3.8, 4) is 5.69 Å². The highest BCUT2D eigenvalue weighted by atomic mass is 16.6. The van der Waals surface area contributed by atoms with Crippen LogP contribution in [0.15, 0.2) is 79.0 Å². The summed E-state index contributed by atoms with van der Waals surface area (Å²) in [6.45, 7) is 6.16. The smallest absolute Gasteiger partial charge is 0.410 e. The molecule has 1 amide bonds. The third kappa shape index (κ3) is 5.63. The van der Waals surface area contributed by atoms with Gasteiger partial charge in [-0.2, -0.15) is 0 Å². The molecule has 5 rings (SSSR count). The summed E-state index contributed by atoms with van der Waals surface area (Å²) in [6.07, 6.45) is 1.38. The average molecular weight is 499 g/mol. The van der Waals surface area contributed by atoms with Gasteiger partial charge in [0.05, 0.1) is 29.7 Å². The topological polar surface area (TPSA) is 86.6 Å². The number of carbonyl (C=O) groups excluding carboxylic acids is 2. The number of aromatic nitrogens is 3. The van der Waals surface area contributed by atoms with E-state index in [-0.39, 0.29) is 12.5 Å². The lowest BCUT2D eigenvalue weighted by molar-refractivity contribution is -0.0186. The summed E-state index contributed by atoms with van der Waals surface area (Å²) in [7, 11) is 0. The Hall–Kier alpha value is -4.20. The normalized spacial score (nSPS) is 18.0. The molecule has 1 aliphatic heterocycles. The van der Waals surface area contributed by atoms with Gasteiger partial charge in [-0.3, -0.25) is 0 Å². The molecule has 8 nitrogen and oxygen atoms in total. The van der Waals surface area contributed by atoms with E-state index >= 15 is 0 Å². The molecule has 2 heterocycles. The first-order valence-electron chi connectivity index (χ1n) is 12.4. The van der Waals surface area contributed by atoms with E-state index in [0.717, 1.165) is 16.5 Å². The summed E-state index contributed by atoms with van der Waals surface area (Å²) in [5.41, 5.74) is 1.43. The fourth-order valence-corrected chi connectivity index (χ4v) is 4.54. The van der Waals surface area contributed by atoms with E-state index in [9.17, 15) is 9.59 Å². The van der Waals surface area contributed by atoms with Gasteiger partial charge in [0.25, 0.3) is 0 Å². The number of fused-ring (bicyclic) bond motifs is 1. The van der Waals surface area contributed by atoms with Gasteiger partial charge in [-0.25, -0.2) is 14.3 Å². The van der Waals surface area contributed by atoms with Crippen LogP contribution in [0.25, 0.3) is 16.5 Å². The number of hydrogen-bond acceptors (Lipinski definition) is 6. The number of amides is 1. The number of nitrogens with zero attached hydrogens (tertiary/aromatic N) is 4. The minimum atomic E-state index is -0.621. The summed E-state index contributed by atoms with van der Waals surface area (Å²) in [6, 6.07) is 23.0. The van der Waals surface area contributed by atoms with Crippen LogP contribution in [0.5, 0.6) is 0 Å². The van der Waals surface area contributed by atoms with Gasteiger partial charge in [0.2, 0.25) is 0 Å². The molecule has 0 radical (unpaired) electrons. The summed E-state index contributed by atoms with van der Waals surface area (Å²) in [4.78, 5) is 27.7. The molecule has 1 aliphatic rings. The molecular formula is C29H30N4O4. The van der Waals surface area contributed by atoms with E-state index in [2.05, 4.69) is 10.3 Å². The predicted octanol–water partition coefficient (Wildman–Crippen LogP) is 5.37. The van der Waals surface area contributed by atoms with Crippen molar-refractivity contribution in [2.24, 2.45) is 0 Å². The zero-order valence-electron chi connectivity index (χ0n) is 21.2. The highest BCUT2D eigenvalue weighted by molar-refractivity contribution is 5.95. The maximum absolute atomic E-state index is 13.3. The number of carbonyl (C=O) groups is 2. The summed E-state index contributed by atoms with van der Waals surface area (Å²) in [5, 5.41) is 10.7. The van der Waals surface area contributed by atoms with Gasteiger partial charge in [0.1, 0.15) is 11.7 Å². The quantitative estimate of drug-likeness (QED) is 0.352. The molecule has 3 aromatic carbocycles. The van der Waals surface area contributed by atoms with Gasteiger partial charge in [-0.1, -0.05) is 53.7 Å². The van der Waals surface area contributed by atoms with Crippen LogP contribution in [0.2, 0.25) is 0 Å². The van der Waals surface area contributed by atoms with Crippen molar-refractivity contribution >= 4 is 22.8 Å². The van der Waals surface area contributed by atoms with Crippen LogP contribution in [0.1, 0.15) is 49.2 Å². The lowest BCUT2D eigenvalue weighted by Gasteiger charge is -2.37. The lowest BCUT2D eigenvalue weighted by atomic mass is 9.91. The highest BCUT2D eigenvalue weighted by Gasteiger charge is 2.38. The minimum absolute atomic E-state index is 0.205. The molecule has 0 N–H and O–H groups in total. The van der Waals surface area contributed by atoms with E-state index in [0.29, 0.717) is 24.2 Å². The third-order valence-corrected chi connectivity index (χ3v) is 6.37. The van der Waals surface area contributed by atoms with Crippen molar-refractivity contribution in [2.45, 2.75) is 44.8 Å². The second-order valence-electron chi connectivity index (χ2n) is 10.3. The van der Waals surface area contributed by atoms with Crippen molar-refractivity contribution in [1.82, 2.24) is 19.9 Å². The Kier molecular flexibility index (Phi) is 6.65. The number of benzene rings is 3. The highest BCUT2D eigenvalue weighted by Crippen LogP contribution is 2.31. The van der Waals surface area contributed by atoms with E-state index < -0.39 is 23.8 Å². The van der Waals surface area contributed by atoms with Crippen molar-refractivity contribution in [3.63, 3.8) is 0 Å². The minimum Gasteiger partial charge on any atom is -0.456 e. The van der Waals surface area contributed by atoms with Crippen LogP contribution < -0.4 is 0 Å². The van der Waals surface area contributed by atoms with Gasteiger partial charge in [-0.05, 0) is 62.2 Å². The maximum Gasteiger partial charge on any atom is 0.410 e. The SMILES string of the molecule is CC(C)(C)OC(=O)N1CC[C@H](c2cn(-c3ccccc3)nn2)[C@@H](OC(=O)c2ccc3ccccc3c2)C1. The Bertz CT molecular complexity index is 1410. The zero-order valence-corrected chi connectivity index (χ0v) is 21.2. The van der Waals surface area contributed by atoms with E-state index in [1.165, 1.54) is 0 Å². The molecule has 0 unspecified atom stereocenters. The van der Waals surface area contributed by atoms with Crippen molar-refractivity contribution < 1.29 is 19.1 Å². The fraction of sp³-hybridized carbons (Fsp3) is 0.310. The number of hydrogen-bond donors (Lipinski definition) is 0. The van der Waals surface area contributed by atoms with Crippen LogP contribution in [0.3, 0.4) is 0 Å². The molecule has 1 saturated heterocycles. The van der Waals surface area contributed by atoms with Gasteiger partial charge in [0.15, 0.2) is 0 Å². The summed E-state index contributed by atoms with van der Waals surface area (Å²) < 4.78 is 13.3. The van der Waals surface area contributed by atoms with Crippen LogP contribution >= 0.6 is 0 Å². The molecule has 0 saturated carbocycles. The van der Waals surface area contributed by atoms with Gasteiger partial charge < -0.3 is 14.4 Å². The number of piperidine rings is 1. The molecule has 0 bridgehead atoms. The number of esters is 1. The largest absolute Gasteiger partial charge is 0.456 e. The Morgan fingerprint density at radius 1 is 0.946 bits per heavy atom. The van der Waals surface area contributed by atoms with Gasteiger partial charge in [-0.15, -0.1) is 5.10 Å². The Balaban J connectivity index is 1.40. The first-order chi connectivity index (χ1) is 17.8. The number of para-hydroxylation sites is 1. The van der Waals surface area contributed by atoms with Crippen LogP contribution in [-0.2, 0) is 9.47 Å². The molecule has 1 aromatic heterocycles. The van der Waals surface area contributed by atoms with E-state index in [1.54, 1.807) is 15.6 Å². The molecule has 4 aromatic rings. The van der Waals surface area contributed by atoms with Gasteiger partial charge in [0, 0.05) is 12.5 Å². The predicted molar refractivity (Wildman–Crippen MR) is 140 cm³/mol. The molecule has 0 aliphatic carbocycles. The molecule has 37 heavy (non-hydrogen) atoms. The van der Waals surface area contributed by atoms with Crippen LogP contribution in [0, 0.1) is 0 Å². The first kappa shape index (κ1) is 24.5. The molecular weight excluding hydrogens is 468 g/mol. The van der Waals surface area contributed by atoms with Crippen molar-refractivity contribution in [2.75, 3.05) is 13.1 Å². The molecule has 0 spiro atoms. The Morgan fingerprint density at radius 2 is 1.68 bits per heavy atom. The van der Waals surface area contributed by atoms with Crippen molar-refractivity contribution in [1.29, 1.82) is 0 Å². The molecule has 8 heteroatoms. The zero-order chi connectivity index (χ0) is 26.0. The standard InChI is InChI=1S/C29H30N4O4/c1-29(2,3)37-28(35)32-16-15-24(25-18-33(31-30-25)23-11-5-4-6-12-23)26(19-32)36-27(34)22-14-13-20-9-7-8-10-21(20)17-22/h4-14,17-18,24,26H,15-16,19H2,1-3H3/t24-,26+/m1/s1. The average Bonchev–Trinajstić information content (AvgIpc) is 3.38. The molecule has 190 valence electrons. The Morgan fingerprint density at radius 3 is 2.43 bits per heavy atom. The second-order valence-corrected chi connectivity index (χ2v) is 10.3. The Labute approximate surface area is 215 Å². The summed E-state index contributed by atoms with van der Waals surface area (Å²) in [5.74, 6) is -0.664. The summed E-state index contributed by atoms with van der Waals surface area (Å²) >= 11 is 0. The van der Waals surface area contributed by atoms with Gasteiger partial charge >= 0.3 is 12.1 Å². The monoisotopic (exact) mass is 498 g/mol. The lowest BCUT2D eigenvalue weighted by Crippen LogP contribution is -2.49. The number of ether oxygens (including phenoxy) is 2. The van der Waals surface area contributed by atoms with Crippen molar-refractivity contribution in [3.05, 3.63) is 90.3 Å². The maximum atomic E-state index is 13.3. The van der Waals surface area contributed by atoms with E-state index in [1.807, 2.05) is 93.7 Å². The number of rotatable bonds is 4. The third-order valence-electron chi connectivity index (χ3n) is 6.37. The fourth-order valence-electron chi connectivity index (χ4n) is 4.54. The van der Waals surface area contributed by atoms with Crippen LogP contribution in [-0.4, -0.2) is 56.8 Å². The van der Waals surface area contributed by atoms with Crippen LogP contribution in [0.4, 0.5) is 4.79 Å². The van der Waals surface area contributed by atoms with E-state index in [4.69, 9.17) is 9.47 Å². The number of likely N-dealkylation sites (tertiary alicyclic amines) is 1. The molecule has 1 fully saturated rings. The first-order valence-corrected chi connectivity index (χ1v) is 12.4. The molecule has 2 atom stereocenters.